The van der Waals surface area contributed by atoms with E-state index in [9.17, 15) is 5.11 Å². The first-order valence-electron chi connectivity index (χ1n) is 7.96. The Hall–Kier alpha value is -0.820. The molecule has 1 N–H and O–H groups in total. The Morgan fingerprint density at radius 1 is 1.26 bits per heavy atom. The van der Waals surface area contributed by atoms with Crippen molar-refractivity contribution in [1.82, 2.24) is 0 Å². The van der Waals surface area contributed by atoms with E-state index < -0.39 is 0 Å². The normalized spacial score (nSPS) is 47.9. The quantitative estimate of drug-likeness (QED) is 0.694. The van der Waals surface area contributed by atoms with Gasteiger partial charge in [-0.15, -0.1) is 0 Å². The van der Waals surface area contributed by atoms with Crippen molar-refractivity contribution in [2.24, 2.45) is 23.2 Å². The number of fused-ring (bicyclic) bond motifs is 5. The molecule has 4 aliphatic carbocycles. The average molecular weight is 256 g/mol. The van der Waals surface area contributed by atoms with E-state index in [0.29, 0.717) is 5.41 Å². The number of rotatable bonds is 0. The van der Waals surface area contributed by atoms with Crippen molar-refractivity contribution in [1.29, 1.82) is 0 Å². The van der Waals surface area contributed by atoms with Gasteiger partial charge in [0.25, 0.3) is 0 Å². The van der Waals surface area contributed by atoms with Crippen LogP contribution in [0.4, 0.5) is 0 Å². The average Bonchev–Trinajstić information content (AvgIpc) is 2.80. The first-order chi connectivity index (χ1) is 9.17. The summed E-state index contributed by atoms with van der Waals surface area (Å²) in [7, 11) is 0. The molecule has 0 radical (unpaired) electrons. The molecule has 2 fully saturated rings. The van der Waals surface area contributed by atoms with Crippen molar-refractivity contribution < 1.29 is 5.11 Å². The van der Waals surface area contributed by atoms with E-state index in [-0.39, 0.29) is 6.10 Å². The van der Waals surface area contributed by atoms with Gasteiger partial charge in [0.2, 0.25) is 0 Å². The van der Waals surface area contributed by atoms with Crippen molar-refractivity contribution in [2.75, 3.05) is 0 Å². The van der Waals surface area contributed by atoms with Gasteiger partial charge in [0, 0.05) is 5.41 Å². The van der Waals surface area contributed by atoms with E-state index in [1.807, 2.05) is 0 Å². The molecule has 19 heavy (non-hydrogen) atoms. The standard InChI is InChI=1S/C18H24O/c1-18-9-2-3-17(18)15-7-5-12-4-6-13(19)11-16(12)14(15)8-10-18/h2-3,7,9,12-14,16,19H,4-6,8,10-11H2,1H3/t12?,13?,14-,16-,18-/m0/s1. The maximum Gasteiger partial charge on any atom is 0.0543 e. The first-order valence-corrected chi connectivity index (χ1v) is 7.96. The second-order valence-electron chi connectivity index (χ2n) is 7.29. The topological polar surface area (TPSA) is 20.2 Å². The predicted octanol–water partition coefficient (Wildman–Crippen LogP) is 4.01. The number of hydrogen-bond donors (Lipinski definition) is 1. The van der Waals surface area contributed by atoms with Crippen LogP contribution in [0.25, 0.3) is 0 Å². The van der Waals surface area contributed by atoms with Gasteiger partial charge in [-0.25, -0.2) is 0 Å². The van der Waals surface area contributed by atoms with Crippen LogP contribution < -0.4 is 0 Å². The van der Waals surface area contributed by atoms with Gasteiger partial charge in [0.1, 0.15) is 0 Å². The van der Waals surface area contributed by atoms with Crippen LogP contribution in [-0.4, -0.2) is 11.2 Å². The summed E-state index contributed by atoms with van der Waals surface area (Å²) in [5.41, 5.74) is 3.53. The van der Waals surface area contributed by atoms with Gasteiger partial charge < -0.3 is 5.11 Å². The van der Waals surface area contributed by atoms with Crippen LogP contribution in [-0.2, 0) is 0 Å². The van der Waals surface area contributed by atoms with Crippen molar-refractivity contribution >= 4 is 0 Å². The van der Waals surface area contributed by atoms with Crippen LogP contribution in [0.2, 0.25) is 0 Å². The highest BCUT2D eigenvalue weighted by atomic mass is 16.3. The summed E-state index contributed by atoms with van der Waals surface area (Å²) >= 11 is 0. The highest BCUT2D eigenvalue weighted by Gasteiger charge is 2.46. The Bertz CT molecular complexity index is 484. The summed E-state index contributed by atoms with van der Waals surface area (Å²) in [6.45, 7) is 2.39. The highest BCUT2D eigenvalue weighted by Crippen LogP contribution is 2.56. The summed E-state index contributed by atoms with van der Waals surface area (Å²) in [6.07, 6.45) is 16.7. The summed E-state index contributed by atoms with van der Waals surface area (Å²) in [5, 5.41) is 10.0. The lowest BCUT2D eigenvalue weighted by molar-refractivity contribution is 0.0389. The fourth-order valence-corrected chi connectivity index (χ4v) is 5.11. The van der Waals surface area contributed by atoms with E-state index >= 15 is 0 Å². The minimum absolute atomic E-state index is 0.0374. The maximum absolute atomic E-state index is 10.0. The third kappa shape index (κ3) is 1.71. The second kappa shape index (κ2) is 4.09. The summed E-state index contributed by atoms with van der Waals surface area (Å²) in [5.74, 6) is 2.32. The molecule has 0 aliphatic heterocycles. The van der Waals surface area contributed by atoms with E-state index in [4.69, 9.17) is 0 Å². The third-order valence-corrected chi connectivity index (χ3v) is 6.21. The van der Waals surface area contributed by atoms with Gasteiger partial charge in [-0.1, -0.05) is 31.2 Å². The van der Waals surface area contributed by atoms with E-state index in [2.05, 4.69) is 31.2 Å². The number of aliphatic hydroxyl groups excluding tert-OH is 1. The molecule has 0 amide bonds. The molecule has 0 spiro atoms. The molecule has 4 rings (SSSR count). The summed E-state index contributed by atoms with van der Waals surface area (Å²) in [4.78, 5) is 0. The van der Waals surface area contributed by atoms with Crippen molar-refractivity contribution in [3.63, 3.8) is 0 Å². The van der Waals surface area contributed by atoms with Gasteiger partial charge in [-0.2, -0.15) is 0 Å². The fourth-order valence-electron chi connectivity index (χ4n) is 5.11. The molecule has 0 aromatic carbocycles. The van der Waals surface area contributed by atoms with Gasteiger partial charge in [0.15, 0.2) is 0 Å². The predicted molar refractivity (Wildman–Crippen MR) is 77.6 cm³/mol. The Morgan fingerprint density at radius 3 is 3.05 bits per heavy atom. The van der Waals surface area contributed by atoms with Crippen LogP contribution in [0.5, 0.6) is 0 Å². The van der Waals surface area contributed by atoms with Crippen LogP contribution in [0.3, 0.4) is 0 Å². The zero-order chi connectivity index (χ0) is 13.0. The van der Waals surface area contributed by atoms with Crippen molar-refractivity contribution in [2.45, 2.75) is 51.6 Å². The van der Waals surface area contributed by atoms with E-state index in [1.165, 1.54) is 25.7 Å². The molecule has 1 nitrogen and oxygen atoms in total. The number of hydrogen-bond acceptors (Lipinski definition) is 1. The lowest BCUT2D eigenvalue weighted by Gasteiger charge is -2.48. The Labute approximate surface area is 116 Å². The summed E-state index contributed by atoms with van der Waals surface area (Å²) < 4.78 is 0. The van der Waals surface area contributed by atoms with Gasteiger partial charge in [-0.05, 0) is 67.4 Å². The van der Waals surface area contributed by atoms with Crippen LogP contribution in [0.15, 0.2) is 35.5 Å². The van der Waals surface area contributed by atoms with Crippen LogP contribution >= 0.6 is 0 Å². The Morgan fingerprint density at radius 2 is 2.16 bits per heavy atom. The van der Waals surface area contributed by atoms with Crippen molar-refractivity contribution in [3.8, 4) is 0 Å². The molecule has 0 heterocycles. The molecule has 1 heteroatoms. The zero-order valence-electron chi connectivity index (χ0n) is 11.8. The first kappa shape index (κ1) is 12.0. The number of aliphatic hydroxyl groups is 1. The molecule has 102 valence electrons. The fraction of sp³-hybridized carbons (Fsp3) is 0.667. The van der Waals surface area contributed by atoms with E-state index in [0.717, 1.165) is 30.6 Å². The van der Waals surface area contributed by atoms with Crippen LogP contribution in [0.1, 0.15) is 45.4 Å². The van der Waals surface area contributed by atoms with Crippen LogP contribution in [0, 0.1) is 23.2 Å². The summed E-state index contributed by atoms with van der Waals surface area (Å²) in [6, 6.07) is 0. The largest absolute Gasteiger partial charge is 0.393 e. The molecule has 2 unspecified atom stereocenters. The minimum Gasteiger partial charge on any atom is -0.393 e. The molecule has 0 saturated heterocycles. The number of allylic oxidation sites excluding steroid dienone is 6. The lowest BCUT2D eigenvalue weighted by Crippen LogP contribution is -2.40. The molecule has 4 aliphatic rings. The molecular weight excluding hydrogens is 232 g/mol. The monoisotopic (exact) mass is 256 g/mol. The molecule has 0 aromatic rings. The highest BCUT2D eigenvalue weighted by molar-refractivity contribution is 5.50. The minimum atomic E-state index is -0.0374. The molecule has 0 bridgehead atoms. The van der Waals surface area contributed by atoms with Gasteiger partial charge in [0.05, 0.1) is 6.10 Å². The van der Waals surface area contributed by atoms with Crippen molar-refractivity contribution in [3.05, 3.63) is 35.5 Å². The Kier molecular flexibility index (Phi) is 2.57. The molecule has 2 saturated carbocycles. The van der Waals surface area contributed by atoms with Gasteiger partial charge in [-0.3, -0.25) is 0 Å². The molecular formula is C18H24O. The molecule has 0 aromatic heterocycles. The van der Waals surface area contributed by atoms with E-state index in [1.54, 1.807) is 11.1 Å². The zero-order valence-corrected chi connectivity index (χ0v) is 11.8. The van der Waals surface area contributed by atoms with Gasteiger partial charge >= 0.3 is 0 Å². The smallest absolute Gasteiger partial charge is 0.0543 e. The molecule has 5 atom stereocenters. The Balaban J connectivity index is 1.69. The lowest BCUT2D eigenvalue weighted by atomic mass is 9.56. The third-order valence-electron chi connectivity index (χ3n) is 6.21. The SMILES string of the molecule is C[C@@]12C=CC=C1C1=CCC3CCC(O)C[C@@H]3[C@H]1CC2. The second-order valence-corrected chi connectivity index (χ2v) is 7.29. The maximum atomic E-state index is 10.0.